The lowest BCUT2D eigenvalue weighted by Gasteiger charge is -2.16. The molecule has 0 radical (unpaired) electrons. The molecule has 0 aliphatic carbocycles. The summed E-state index contributed by atoms with van der Waals surface area (Å²) in [5.41, 5.74) is 13.4. The summed E-state index contributed by atoms with van der Waals surface area (Å²) in [5.74, 6) is 0. The molecule has 81 heavy (non-hydrogen) atoms. The van der Waals surface area contributed by atoms with E-state index < -0.39 is 0 Å². The third-order valence-electron chi connectivity index (χ3n) is 14.0. The summed E-state index contributed by atoms with van der Waals surface area (Å²) in [6.45, 7) is 23.5. The smallest absolute Gasteiger partial charge is 0.0418 e. The van der Waals surface area contributed by atoms with Crippen LogP contribution in [0.25, 0.3) is 0 Å². The van der Waals surface area contributed by atoms with E-state index >= 15 is 0 Å². The fourth-order valence-corrected chi connectivity index (χ4v) is 9.66. The van der Waals surface area contributed by atoms with Gasteiger partial charge >= 0.3 is 0 Å². The van der Waals surface area contributed by atoms with Crippen molar-refractivity contribution in [2.45, 2.75) is 241 Å². The second kappa shape index (κ2) is 45.5. The predicted molar refractivity (Wildman–Crippen MR) is 366 cm³/mol. The summed E-state index contributed by atoms with van der Waals surface area (Å²) < 4.78 is 0. The Hall–Kier alpha value is -6.14. The normalized spacial score (nSPS) is 10.7. The first-order chi connectivity index (χ1) is 39.5. The highest BCUT2D eigenvalue weighted by Gasteiger charge is 2.08. The molecule has 6 N–H and O–H groups in total. The Kier molecular flexibility index (Phi) is 38.8. The molecule has 6 aromatic rings. The van der Waals surface area contributed by atoms with Crippen LogP contribution < -0.4 is 31.9 Å². The second-order valence-electron chi connectivity index (χ2n) is 23.0. The predicted octanol–water partition coefficient (Wildman–Crippen LogP) is 24.0. The molecule has 0 amide bonds. The van der Waals surface area contributed by atoms with E-state index in [9.17, 15) is 0 Å². The van der Waals surface area contributed by atoms with Gasteiger partial charge in [-0.2, -0.15) is 0 Å². The van der Waals surface area contributed by atoms with Gasteiger partial charge in [0.2, 0.25) is 0 Å². The van der Waals surface area contributed by atoms with Crippen LogP contribution in [0.3, 0.4) is 0 Å². The molecule has 6 rings (SSSR count). The standard InChI is InChI=1S/2C25H38N2.C15H18N2.C10H20/c1-4-5-6-7-8-9-10-12-15-22-20-24(26-21(2)3)18-19-25(22)27-23-16-13-11-14-17-23;1-4-5-6-7-8-9-10-11-14-22-15-12-13-16-25(22)27-24-19-17-23(18-20-24)26-21(2)3;1-12(2)16-14-8-10-15(11-9-14)17-13-6-4-3-5-7-13;1-3-5-7-9-10-8-6-4-2/h11,13-14,16-21,26-27H,4-10,12,15H2,1-3H3;12-13,15-21,26-27H,4-11,14H2,1-3H3;3-12,16-17H,1-2H3;3H,1,4-10H2,2H3. The number of rotatable bonds is 37. The van der Waals surface area contributed by atoms with Gasteiger partial charge in [0.05, 0.1) is 0 Å². The number of hydrogen-bond donors (Lipinski definition) is 6. The summed E-state index contributed by atoms with van der Waals surface area (Å²) in [7, 11) is 0. The van der Waals surface area contributed by atoms with Gasteiger partial charge in [-0.15, -0.1) is 6.58 Å². The average Bonchev–Trinajstić information content (AvgIpc) is 3.46. The largest absolute Gasteiger partial charge is 0.383 e. The first-order valence-electron chi connectivity index (χ1n) is 32.3. The van der Waals surface area contributed by atoms with E-state index in [1.54, 1.807) is 0 Å². The maximum Gasteiger partial charge on any atom is 0.0418 e. The van der Waals surface area contributed by atoms with Gasteiger partial charge in [0.1, 0.15) is 0 Å². The molecular weight excluding hydrogens is 985 g/mol. The van der Waals surface area contributed by atoms with Gasteiger partial charge in [0.25, 0.3) is 0 Å². The Morgan fingerprint density at radius 1 is 0.309 bits per heavy atom. The van der Waals surface area contributed by atoms with Crippen molar-refractivity contribution < 1.29 is 0 Å². The molecule has 444 valence electrons. The Bertz CT molecular complexity index is 2390. The van der Waals surface area contributed by atoms with Gasteiger partial charge in [-0.05, 0) is 188 Å². The number of unbranched alkanes of at least 4 members (excludes halogenated alkanes) is 20. The van der Waals surface area contributed by atoms with Crippen LogP contribution in [0.4, 0.5) is 51.2 Å². The van der Waals surface area contributed by atoms with Crippen molar-refractivity contribution >= 4 is 51.2 Å². The molecular formula is C75H114N6. The minimum atomic E-state index is 0.453. The Labute approximate surface area is 497 Å². The van der Waals surface area contributed by atoms with E-state index in [0.29, 0.717) is 18.1 Å². The molecule has 0 saturated heterocycles. The average molecular weight is 1100 g/mol. The summed E-state index contributed by atoms with van der Waals surface area (Å²) in [6.07, 6.45) is 35.7. The molecule has 0 bridgehead atoms. The minimum Gasteiger partial charge on any atom is -0.383 e. The lowest BCUT2D eigenvalue weighted by molar-refractivity contribution is 0.575. The molecule has 0 aliphatic heterocycles. The molecule has 0 aromatic heterocycles. The number of para-hydroxylation sites is 3. The van der Waals surface area contributed by atoms with Crippen LogP contribution in [0.1, 0.15) is 221 Å². The zero-order valence-corrected chi connectivity index (χ0v) is 52.6. The SMILES string of the molecule is C=CCCCCCCCC.CC(C)Nc1ccc(Nc2ccccc2)cc1.CCCCCCCCCCc1cc(NC(C)C)ccc1Nc1ccccc1.CCCCCCCCCCc1ccccc1Nc1ccc(NC(C)C)cc1. The van der Waals surface area contributed by atoms with Crippen LogP contribution in [-0.4, -0.2) is 18.1 Å². The van der Waals surface area contributed by atoms with Crippen molar-refractivity contribution in [2.24, 2.45) is 0 Å². The van der Waals surface area contributed by atoms with E-state index in [0.717, 1.165) is 41.3 Å². The fraction of sp³-hybridized carbons (Fsp3) is 0.493. The van der Waals surface area contributed by atoms with Gasteiger partial charge < -0.3 is 31.9 Å². The minimum absolute atomic E-state index is 0.453. The summed E-state index contributed by atoms with van der Waals surface area (Å²) >= 11 is 0. The lowest BCUT2D eigenvalue weighted by Crippen LogP contribution is -2.10. The van der Waals surface area contributed by atoms with Crippen LogP contribution in [0.2, 0.25) is 0 Å². The molecule has 6 aromatic carbocycles. The van der Waals surface area contributed by atoms with Crippen LogP contribution >= 0.6 is 0 Å². The molecule has 0 heterocycles. The van der Waals surface area contributed by atoms with Crippen LogP contribution in [0, 0.1) is 0 Å². The van der Waals surface area contributed by atoms with E-state index in [4.69, 9.17) is 0 Å². The van der Waals surface area contributed by atoms with Crippen molar-refractivity contribution in [3.63, 3.8) is 0 Å². The maximum absolute atomic E-state index is 3.69. The zero-order valence-electron chi connectivity index (χ0n) is 52.6. The monoisotopic (exact) mass is 1100 g/mol. The van der Waals surface area contributed by atoms with Crippen molar-refractivity contribution in [1.82, 2.24) is 0 Å². The molecule has 0 fully saturated rings. The van der Waals surface area contributed by atoms with Gasteiger partial charge in [-0.25, -0.2) is 0 Å². The molecule has 0 spiro atoms. The Morgan fingerprint density at radius 3 is 1.07 bits per heavy atom. The van der Waals surface area contributed by atoms with E-state index in [2.05, 4.69) is 234 Å². The highest BCUT2D eigenvalue weighted by molar-refractivity contribution is 5.68. The summed E-state index contributed by atoms with van der Waals surface area (Å²) in [6, 6.07) is 54.4. The Morgan fingerprint density at radius 2 is 0.630 bits per heavy atom. The van der Waals surface area contributed by atoms with Crippen molar-refractivity contribution in [3.8, 4) is 0 Å². The van der Waals surface area contributed by atoms with Gasteiger partial charge in [-0.3, -0.25) is 0 Å². The van der Waals surface area contributed by atoms with Crippen LogP contribution in [0.15, 0.2) is 164 Å². The molecule has 0 unspecified atom stereocenters. The first kappa shape index (κ1) is 69.1. The summed E-state index contributed by atoms with van der Waals surface area (Å²) in [5, 5.41) is 20.9. The highest BCUT2D eigenvalue weighted by atomic mass is 14.9. The number of hydrogen-bond acceptors (Lipinski definition) is 6. The van der Waals surface area contributed by atoms with Crippen LogP contribution in [-0.2, 0) is 12.8 Å². The van der Waals surface area contributed by atoms with Gasteiger partial charge in [-0.1, -0.05) is 203 Å². The van der Waals surface area contributed by atoms with Crippen LogP contribution in [0.5, 0.6) is 0 Å². The number of benzene rings is 6. The lowest BCUT2D eigenvalue weighted by atomic mass is 10.0. The van der Waals surface area contributed by atoms with E-state index in [1.807, 2.05) is 24.3 Å². The van der Waals surface area contributed by atoms with Crippen molar-refractivity contribution in [3.05, 3.63) is 175 Å². The number of aryl methyl sites for hydroxylation is 2. The Balaban J connectivity index is 0.000000300. The molecule has 0 atom stereocenters. The van der Waals surface area contributed by atoms with E-state index in [-0.39, 0.29) is 0 Å². The zero-order chi connectivity index (χ0) is 58.4. The van der Waals surface area contributed by atoms with Gasteiger partial charge in [0.15, 0.2) is 0 Å². The van der Waals surface area contributed by atoms with E-state index in [1.165, 1.54) is 182 Å². The number of anilines is 9. The molecule has 0 aliphatic rings. The third kappa shape index (κ3) is 34.7. The second-order valence-corrected chi connectivity index (χ2v) is 23.0. The quantitative estimate of drug-likeness (QED) is 0.0173. The maximum atomic E-state index is 3.69. The molecule has 6 nitrogen and oxygen atoms in total. The molecule has 0 saturated carbocycles. The molecule has 6 heteroatoms. The third-order valence-corrected chi connectivity index (χ3v) is 14.0. The number of nitrogens with one attached hydrogen (secondary N) is 6. The number of allylic oxidation sites excluding steroid dienone is 1. The topological polar surface area (TPSA) is 72.2 Å². The fourth-order valence-electron chi connectivity index (χ4n) is 9.66. The van der Waals surface area contributed by atoms with Gasteiger partial charge in [0, 0.05) is 69.3 Å². The summed E-state index contributed by atoms with van der Waals surface area (Å²) in [4.78, 5) is 0. The highest BCUT2D eigenvalue weighted by Crippen LogP contribution is 2.28. The van der Waals surface area contributed by atoms with Crippen molar-refractivity contribution in [2.75, 3.05) is 31.9 Å². The van der Waals surface area contributed by atoms with Crippen molar-refractivity contribution in [1.29, 1.82) is 0 Å². The first-order valence-corrected chi connectivity index (χ1v) is 32.3.